The zero-order chi connectivity index (χ0) is 9.14. The number of azide groups is 1. The van der Waals surface area contributed by atoms with E-state index in [0.717, 1.165) is 0 Å². The van der Waals surface area contributed by atoms with Crippen LogP contribution in [0.1, 0.15) is 5.56 Å². The molecule has 0 fully saturated rings. The van der Waals surface area contributed by atoms with Gasteiger partial charge in [-0.3, -0.25) is 4.98 Å². The Hall–Kier alpha value is -2.01. The lowest BCUT2D eigenvalue weighted by Gasteiger charge is -1.89. The quantitative estimate of drug-likeness (QED) is 0.359. The first kappa shape index (κ1) is 8.09. The van der Waals surface area contributed by atoms with Crippen LogP contribution in [0.2, 0.25) is 0 Å². The minimum absolute atomic E-state index is 0.307. The van der Waals surface area contributed by atoms with Crippen molar-refractivity contribution in [3.63, 3.8) is 0 Å². The van der Waals surface area contributed by atoms with Crippen molar-refractivity contribution in [3.8, 4) is 0 Å². The van der Waals surface area contributed by atoms with Crippen LogP contribution < -0.4 is 11.2 Å². The van der Waals surface area contributed by atoms with E-state index in [1.54, 1.807) is 0 Å². The molecule has 0 aromatic carbocycles. The van der Waals surface area contributed by atoms with Gasteiger partial charge in [0.2, 0.25) is 0 Å². The van der Waals surface area contributed by atoms with E-state index in [4.69, 9.17) is 5.53 Å². The molecule has 0 bridgehead atoms. The largest absolute Gasteiger partial charge is 0.423 e. The van der Waals surface area contributed by atoms with Gasteiger partial charge in [-0.05, 0) is 12.1 Å². The van der Waals surface area contributed by atoms with Crippen LogP contribution in [0.3, 0.4) is 0 Å². The molecular weight excluding hydrogens is 162 g/mol. The van der Waals surface area contributed by atoms with Gasteiger partial charge < -0.3 is 0 Å². The van der Waals surface area contributed by atoms with Gasteiger partial charge in [-0.15, -0.1) is 5.53 Å². The van der Waals surface area contributed by atoms with Crippen LogP contribution in [-0.4, -0.2) is 9.66 Å². The van der Waals surface area contributed by atoms with E-state index in [9.17, 15) is 9.59 Å². The maximum absolute atomic E-state index is 11.1. The molecule has 0 aliphatic heterocycles. The van der Waals surface area contributed by atoms with Gasteiger partial charge in [0.25, 0.3) is 0 Å². The van der Waals surface area contributed by atoms with E-state index >= 15 is 0 Å². The molecular formula is C5H5N5O2. The van der Waals surface area contributed by atoms with Gasteiger partial charge in [-0.2, -0.15) is 4.91 Å². The first-order valence-corrected chi connectivity index (χ1v) is 3.03. The van der Waals surface area contributed by atoms with Crippen molar-refractivity contribution in [2.24, 2.45) is 5.22 Å². The van der Waals surface area contributed by atoms with E-state index < -0.39 is 11.2 Å². The molecule has 0 saturated heterocycles. The molecule has 1 rings (SSSR count). The molecule has 0 amide bonds. The van der Waals surface area contributed by atoms with Crippen molar-refractivity contribution < 1.29 is 0 Å². The smallest absolute Gasteiger partial charge is 0.293 e. The average molecular weight is 167 g/mol. The van der Waals surface area contributed by atoms with Gasteiger partial charge in [0, 0.05) is 6.20 Å². The molecule has 7 nitrogen and oxygen atoms in total. The number of hydrogen-bond donors (Lipinski definition) is 1. The first-order chi connectivity index (χ1) is 5.66. The number of rotatable bonds is 1. The average Bonchev–Trinajstić information content (AvgIpc) is 2.06. The molecule has 1 heterocycles. The Morgan fingerprint density at radius 2 is 2.33 bits per heavy atom. The van der Waals surface area contributed by atoms with E-state index in [2.05, 4.69) is 15.1 Å². The highest BCUT2D eigenvalue weighted by molar-refractivity contribution is 5.00. The fourth-order valence-electron chi connectivity index (χ4n) is 0.673. The van der Waals surface area contributed by atoms with E-state index in [0.29, 0.717) is 10.2 Å². The number of aromatic amines is 1. The normalized spacial score (nSPS) is 9.08. The molecule has 0 radical (unpaired) electrons. The van der Waals surface area contributed by atoms with Crippen LogP contribution >= 0.6 is 0 Å². The zero-order valence-electron chi connectivity index (χ0n) is 6.18. The van der Waals surface area contributed by atoms with Crippen LogP contribution in [-0.2, 0) is 0 Å². The van der Waals surface area contributed by atoms with Crippen molar-refractivity contribution in [1.29, 1.82) is 0 Å². The second-order valence-electron chi connectivity index (χ2n) is 2.07. The van der Waals surface area contributed by atoms with Crippen LogP contribution in [0.15, 0.2) is 21.0 Å². The number of nitrogens with zero attached hydrogens (tertiary/aromatic N) is 4. The summed E-state index contributed by atoms with van der Waals surface area (Å²) in [4.78, 5) is 26.5. The highest BCUT2D eigenvalue weighted by Crippen LogP contribution is 1.79. The summed E-state index contributed by atoms with van der Waals surface area (Å²) < 4.78 is 0.426. The molecule has 1 aromatic heterocycles. The summed E-state index contributed by atoms with van der Waals surface area (Å²) >= 11 is 0. The molecule has 12 heavy (non-hydrogen) atoms. The summed E-state index contributed by atoms with van der Waals surface area (Å²) in [7, 11) is 0. The Kier molecular flexibility index (Phi) is 1.98. The monoisotopic (exact) mass is 167 g/mol. The summed E-state index contributed by atoms with van der Waals surface area (Å²) in [6.45, 7) is 1.50. The predicted octanol–water partition coefficient (Wildman–Crippen LogP) is -0.0816. The Bertz CT molecular complexity index is 450. The zero-order valence-corrected chi connectivity index (χ0v) is 6.18. The fourth-order valence-corrected chi connectivity index (χ4v) is 0.673. The maximum atomic E-state index is 11.1. The Morgan fingerprint density at radius 1 is 1.67 bits per heavy atom. The standard InChI is InChI=1S/C5H5N5O2/c1-3-2-7-5(12)10(4(3)11)9-8-6/h2H,1H3,(H,7,12). The molecule has 0 saturated carbocycles. The summed E-state index contributed by atoms with van der Waals surface area (Å²) in [5.41, 5.74) is 6.95. The number of aromatic nitrogens is 2. The van der Waals surface area contributed by atoms with Crippen LogP contribution in [0.4, 0.5) is 0 Å². The first-order valence-electron chi connectivity index (χ1n) is 3.03. The van der Waals surface area contributed by atoms with Gasteiger partial charge in [0.05, 0.1) is 5.56 Å². The summed E-state index contributed by atoms with van der Waals surface area (Å²) in [5.74, 6) is 0. The molecule has 1 aromatic rings. The van der Waals surface area contributed by atoms with Crippen molar-refractivity contribution in [2.45, 2.75) is 6.92 Å². The second-order valence-corrected chi connectivity index (χ2v) is 2.07. The molecule has 0 spiro atoms. The summed E-state index contributed by atoms with van der Waals surface area (Å²) in [5, 5.41) is 2.91. The molecule has 0 unspecified atom stereocenters. The van der Waals surface area contributed by atoms with Gasteiger partial charge >= 0.3 is 11.2 Å². The molecule has 62 valence electrons. The topological polar surface area (TPSA) is 104 Å². The van der Waals surface area contributed by atoms with Crippen molar-refractivity contribution in [1.82, 2.24) is 9.66 Å². The molecule has 1 N–H and O–H groups in total. The van der Waals surface area contributed by atoms with Crippen molar-refractivity contribution in [2.75, 3.05) is 0 Å². The van der Waals surface area contributed by atoms with Gasteiger partial charge in [-0.25, -0.2) is 9.59 Å². The summed E-state index contributed by atoms with van der Waals surface area (Å²) in [6.07, 6.45) is 1.26. The molecule has 0 aliphatic rings. The summed E-state index contributed by atoms with van der Waals surface area (Å²) in [6, 6.07) is 0. The van der Waals surface area contributed by atoms with E-state index in [1.165, 1.54) is 13.1 Å². The van der Waals surface area contributed by atoms with Crippen molar-refractivity contribution in [3.05, 3.63) is 43.0 Å². The highest BCUT2D eigenvalue weighted by Gasteiger charge is 2.04. The van der Waals surface area contributed by atoms with Crippen LogP contribution in [0.25, 0.3) is 10.4 Å². The van der Waals surface area contributed by atoms with Crippen molar-refractivity contribution >= 4 is 0 Å². The lowest BCUT2D eigenvalue weighted by molar-refractivity contribution is 0.731. The van der Waals surface area contributed by atoms with Gasteiger partial charge in [0.1, 0.15) is 0 Å². The maximum Gasteiger partial charge on any atom is 0.423 e. The van der Waals surface area contributed by atoms with Gasteiger partial charge in [-0.1, -0.05) is 4.68 Å². The minimum atomic E-state index is -0.747. The predicted molar refractivity (Wildman–Crippen MR) is 40.6 cm³/mol. The fraction of sp³-hybridized carbons (Fsp3) is 0.200. The SMILES string of the molecule is Cc1c[nH]c(=O)n(N=[N+]=[N-])c1=O. The van der Waals surface area contributed by atoms with E-state index in [1.807, 2.05) is 0 Å². The Labute approximate surface area is 65.9 Å². The lowest BCUT2D eigenvalue weighted by atomic mass is 10.4. The van der Waals surface area contributed by atoms with Crippen LogP contribution in [0, 0.1) is 6.92 Å². The third-order valence-electron chi connectivity index (χ3n) is 1.26. The molecule has 7 heteroatoms. The minimum Gasteiger partial charge on any atom is -0.293 e. The molecule has 0 atom stereocenters. The Balaban J connectivity index is 3.65. The van der Waals surface area contributed by atoms with E-state index in [-0.39, 0.29) is 0 Å². The second kappa shape index (κ2) is 2.93. The lowest BCUT2D eigenvalue weighted by Crippen LogP contribution is -2.32. The number of nitrogens with one attached hydrogen (secondary N) is 1. The highest BCUT2D eigenvalue weighted by atomic mass is 16.2. The number of hydrogen-bond acceptors (Lipinski definition) is 3. The van der Waals surface area contributed by atoms with Gasteiger partial charge in [0.15, 0.2) is 0 Å². The third kappa shape index (κ3) is 1.21. The van der Waals surface area contributed by atoms with Crippen LogP contribution in [0.5, 0.6) is 0 Å². The third-order valence-corrected chi connectivity index (χ3v) is 1.26. The number of aryl methyl sites for hydroxylation is 1. The molecule has 0 aliphatic carbocycles. The number of H-pyrrole nitrogens is 1. The Morgan fingerprint density at radius 3 is 2.92 bits per heavy atom.